The lowest BCUT2D eigenvalue weighted by Crippen LogP contribution is -2.36. The lowest BCUT2D eigenvalue weighted by molar-refractivity contribution is -0.0182. The highest BCUT2D eigenvalue weighted by Gasteiger charge is 2.38. The van der Waals surface area contributed by atoms with E-state index in [2.05, 4.69) is 0 Å². The van der Waals surface area contributed by atoms with Crippen LogP contribution < -0.4 is 0 Å². The van der Waals surface area contributed by atoms with Gasteiger partial charge in [0, 0.05) is 6.42 Å². The molecule has 3 rings (SSSR count). The smallest absolute Gasteiger partial charge is 0.339 e. The summed E-state index contributed by atoms with van der Waals surface area (Å²) >= 11 is 0. The Balaban J connectivity index is 2.04. The SMILES string of the molecule is COC(=O)c1ccc2c(c1)CC(C)(c1ccccc1)OC2=O. The molecule has 0 fully saturated rings. The van der Waals surface area contributed by atoms with E-state index in [9.17, 15) is 9.59 Å². The van der Waals surface area contributed by atoms with Crippen molar-refractivity contribution in [1.29, 1.82) is 0 Å². The standard InChI is InChI=1S/C18H16O4/c1-18(14-6-4-3-5-7-14)11-13-10-12(16(19)21-2)8-9-15(13)17(20)22-18/h3-10H,11H2,1-2H3. The van der Waals surface area contributed by atoms with Gasteiger partial charge in [0.1, 0.15) is 5.60 Å². The first-order valence-electron chi connectivity index (χ1n) is 7.03. The second-order valence-corrected chi connectivity index (χ2v) is 5.53. The van der Waals surface area contributed by atoms with Crippen LogP contribution in [0, 0.1) is 0 Å². The highest BCUT2D eigenvalue weighted by atomic mass is 16.6. The third-order valence-corrected chi connectivity index (χ3v) is 3.98. The maximum Gasteiger partial charge on any atom is 0.339 e. The molecule has 1 atom stereocenters. The summed E-state index contributed by atoms with van der Waals surface area (Å²) in [5.74, 6) is -0.785. The van der Waals surface area contributed by atoms with Crippen molar-refractivity contribution in [3.05, 3.63) is 70.8 Å². The normalized spacial score (nSPS) is 20.0. The number of fused-ring (bicyclic) bond motifs is 1. The topological polar surface area (TPSA) is 52.6 Å². The molecule has 1 aliphatic heterocycles. The first-order chi connectivity index (χ1) is 10.5. The average Bonchev–Trinajstić information content (AvgIpc) is 2.54. The van der Waals surface area contributed by atoms with Crippen LogP contribution in [0.5, 0.6) is 0 Å². The molecule has 2 aromatic carbocycles. The van der Waals surface area contributed by atoms with Crippen LogP contribution in [0.1, 0.15) is 38.8 Å². The summed E-state index contributed by atoms with van der Waals surface area (Å²) in [4.78, 5) is 24.0. The van der Waals surface area contributed by atoms with Crippen LogP contribution in [0.4, 0.5) is 0 Å². The Labute approximate surface area is 128 Å². The van der Waals surface area contributed by atoms with Gasteiger partial charge in [-0.1, -0.05) is 30.3 Å². The monoisotopic (exact) mass is 296 g/mol. The van der Waals surface area contributed by atoms with Crippen LogP contribution in [-0.4, -0.2) is 19.0 Å². The van der Waals surface area contributed by atoms with E-state index >= 15 is 0 Å². The van der Waals surface area contributed by atoms with Gasteiger partial charge in [-0.05, 0) is 36.2 Å². The molecule has 0 N–H and O–H groups in total. The molecular weight excluding hydrogens is 280 g/mol. The minimum absolute atomic E-state index is 0.371. The van der Waals surface area contributed by atoms with Crippen LogP contribution in [-0.2, 0) is 21.5 Å². The van der Waals surface area contributed by atoms with Gasteiger partial charge in [0.05, 0.1) is 18.2 Å². The first-order valence-corrected chi connectivity index (χ1v) is 7.03. The van der Waals surface area contributed by atoms with Crippen molar-refractivity contribution in [2.45, 2.75) is 18.9 Å². The van der Waals surface area contributed by atoms with Gasteiger partial charge in [-0.25, -0.2) is 9.59 Å². The number of cyclic esters (lactones) is 1. The van der Waals surface area contributed by atoms with E-state index < -0.39 is 11.6 Å². The molecule has 2 aromatic rings. The van der Waals surface area contributed by atoms with E-state index in [0.29, 0.717) is 17.5 Å². The Bertz CT molecular complexity index is 736. The number of carbonyl (C=O) groups is 2. The van der Waals surface area contributed by atoms with E-state index in [0.717, 1.165) is 11.1 Å². The predicted molar refractivity (Wildman–Crippen MR) is 80.7 cm³/mol. The van der Waals surface area contributed by atoms with Gasteiger partial charge in [-0.2, -0.15) is 0 Å². The molecule has 22 heavy (non-hydrogen) atoms. The highest BCUT2D eigenvalue weighted by Crippen LogP contribution is 2.36. The van der Waals surface area contributed by atoms with Gasteiger partial charge >= 0.3 is 11.9 Å². The fourth-order valence-electron chi connectivity index (χ4n) is 2.79. The van der Waals surface area contributed by atoms with Crippen LogP contribution in [0.15, 0.2) is 48.5 Å². The Morgan fingerprint density at radius 3 is 2.59 bits per heavy atom. The quantitative estimate of drug-likeness (QED) is 0.799. The Hall–Kier alpha value is -2.62. The number of hydrogen-bond acceptors (Lipinski definition) is 4. The molecule has 1 unspecified atom stereocenters. The minimum Gasteiger partial charge on any atom is -0.465 e. The average molecular weight is 296 g/mol. The minimum atomic E-state index is -0.736. The van der Waals surface area contributed by atoms with Crippen LogP contribution >= 0.6 is 0 Å². The molecule has 0 spiro atoms. The second kappa shape index (κ2) is 5.30. The molecule has 4 heteroatoms. The molecule has 0 saturated carbocycles. The number of rotatable bonds is 2. The van der Waals surface area contributed by atoms with Gasteiger partial charge in [0.15, 0.2) is 0 Å². The van der Waals surface area contributed by atoms with Crippen molar-refractivity contribution in [3.8, 4) is 0 Å². The molecule has 1 heterocycles. The highest BCUT2D eigenvalue weighted by molar-refractivity contribution is 5.95. The van der Waals surface area contributed by atoms with E-state index in [-0.39, 0.29) is 5.97 Å². The third-order valence-electron chi connectivity index (χ3n) is 3.98. The summed E-state index contributed by atoms with van der Waals surface area (Å²) in [5, 5.41) is 0. The largest absolute Gasteiger partial charge is 0.465 e. The lowest BCUT2D eigenvalue weighted by atomic mass is 9.84. The number of ether oxygens (including phenoxy) is 2. The fourth-order valence-corrected chi connectivity index (χ4v) is 2.79. The molecule has 0 amide bonds. The molecule has 0 bridgehead atoms. The fraction of sp³-hybridized carbons (Fsp3) is 0.222. The molecule has 0 radical (unpaired) electrons. The maximum absolute atomic E-state index is 12.3. The molecule has 0 aliphatic carbocycles. The van der Waals surface area contributed by atoms with Crippen molar-refractivity contribution >= 4 is 11.9 Å². The van der Waals surface area contributed by atoms with Gasteiger partial charge in [-0.15, -0.1) is 0 Å². The molecular formula is C18H16O4. The van der Waals surface area contributed by atoms with Crippen molar-refractivity contribution in [2.75, 3.05) is 7.11 Å². The van der Waals surface area contributed by atoms with Crippen molar-refractivity contribution in [3.63, 3.8) is 0 Å². The zero-order valence-corrected chi connectivity index (χ0v) is 12.5. The maximum atomic E-state index is 12.3. The Morgan fingerprint density at radius 1 is 1.18 bits per heavy atom. The summed E-state index contributed by atoms with van der Waals surface area (Å²) in [6, 6.07) is 14.5. The predicted octanol–water partition coefficient (Wildman–Crippen LogP) is 3.10. The Kier molecular flexibility index (Phi) is 3.45. The zero-order valence-electron chi connectivity index (χ0n) is 12.5. The second-order valence-electron chi connectivity index (χ2n) is 5.53. The van der Waals surface area contributed by atoms with E-state index in [1.54, 1.807) is 18.2 Å². The first kappa shape index (κ1) is 14.3. The zero-order chi connectivity index (χ0) is 15.7. The van der Waals surface area contributed by atoms with Crippen molar-refractivity contribution < 1.29 is 19.1 Å². The number of esters is 2. The van der Waals surface area contributed by atoms with Crippen LogP contribution in [0.2, 0.25) is 0 Å². The van der Waals surface area contributed by atoms with Gasteiger partial charge in [-0.3, -0.25) is 0 Å². The summed E-state index contributed by atoms with van der Waals surface area (Å²) in [7, 11) is 1.34. The van der Waals surface area contributed by atoms with E-state index in [1.165, 1.54) is 7.11 Å². The summed E-state index contributed by atoms with van der Waals surface area (Å²) in [5.41, 5.74) is 1.93. The van der Waals surface area contributed by atoms with Crippen LogP contribution in [0.3, 0.4) is 0 Å². The van der Waals surface area contributed by atoms with E-state index in [1.807, 2.05) is 37.3 Å². The van der Waals surface area contributed by atoms with Crippen LogP contribution in [0.25, 0.3) is 0 Å². The number of benzene rings is 2. The van der Waals surface area contributed by atoms with E-state index in [4.69, 9.17) is 9.47 Å². The van der Waals surface area contributed by atoms with Crippen molar-refractivity contribution in [1.82, 2.24) is 0 Å². The van der Waals surface area contributed by atoms with Gasteiger partial charge in [0.25, 0.3) is 0 Å². The van der Waals surface area contributed by atoms with Gasteiger partial charge < -0.3 is 9.47 Å². The summed E-state index contributed by atoms with van der Waals surface area (Å²) < 4.78 is 10.4. The summed E-state index contributed by atoms with van der Waals surface area (Å²) in [6.07, 6.45) is 0.517. The molecule has 1 aliphatic rings. The Morgan fingerprint density at radius 2 is 1.91 bits per heavy atom. The third kappa shape index (κ3) is 2.37. The lowest BCUT2D eigenvalue weighted by Gasteiger charge is -2.35. The van der Waals surface area contributed by atoms with Gasteiger partial charge in [0.2, 0.25) is 0 Å². The summed E-state index contributed by atoms with van der Waals surface area (Å²) in [6.45, 7) is 1.88. The molecule has 0 saturated heterocycles. The van der Waals surface area contributed by atoms with Crippen molar-refractivity contribution in [2.24, 2.45) is 0 Å². The number of methoxy groups -OCH3 is 1. The number of carbonyl (C=O) groups excluding carboxylic acids is 2. The molecule has 112 valence electrons. The number of hydrogen-bond donors (Lipinski definition) is 0. The molecule has 0 aromatic heterocycles. The molecule has 4 nitrogen and oxygen atoms in total.